The van der Waals surface area contributed by atoms with E-state index in [-0.39, 0.29) is 0 Å². The molecule has 0 heteroatoms. The molecule has 0 fully saturated rings. The lowest BCUT2D eigenvalue weighted by Crippen LogP contribution is -1.67. The first-order valence-electron chi connectivity index (χ1n) is 3.46. The quantitative estimate of drug-likeness (QED) is 0.382. The normalized spacial score (nSPS) is 5.60. The number of rotatable bonds is 1. The summed E-state index contributed by atoms with van der Waals surface area (Å²) < 4.78 is 0. The fraction of sp³-hybridized carbons (Fsp3) is 0.400. The maximum atomic E-state index is 3.66. The lowest BCUT2D eigenvalue weighted by molar-refractivity contribution is 1.39. The Bertz CT molecular complexity index is 76.2. The molecule has 0 amide bonds. The highest BCUT2D eigenvalue weighted by atomic mass is 13.8. The van der Waals surface area contributed by atoms with E-state index in [2.05, 4.69) is 26.3 Å². The van der Waals surface area contributed by atoms with Gasteiger partial charge in [-0.3, -0.25) is 0 Å². The summed E-state index contributed by atoms with van der Waals surface area (Å²) in [6.07, 6.45) is 0. The molecule has 60 valence electrons. The number of hydrogen-bond donors (Lipinski definition) is 0. The zero-order valence-electron chi connectivity index (χ0n) is 7.83. The third kappa shape index (κ3) is 26.9. The fourth-order valence-corrected chi connectivity index (χ4v) is 0. The minimum absolute atomic E-state index is 1.06. The van der Waals surface area contributed by atoms with E-state index in [1.54, 1.807) is 0 Å². The molecule has 0 bridgehead atoms. The number of hydrogen-bond acceptors (Lipinski definition) is 0. The van der Waals surface area contributed by atoms with E-state index >= 15 is 0 Å². The van der Waals surface area contributed by atoms with Crippen LogP contribution in [0.25, 0.3) is 0 Å². The van der Waals surface area contributed by atoms with Crippen molar-refractivity contribution in [3.63, 3.8) is 0 Å². The third-order valence-corrected chi connectivity index (χ3v) is 0.729. The van der Waals surface area contributed by atoms with Crippen molar-refractivity contribution in [1.29, 1.82) is 0 Å². The summed E-state index contributed by atoms with van der Waals surface area (Å²) in [5, 5.41) is 0. The van der Waals surface area contributed by atoms with Gasteiger partial charge in [-0.1, -0.05) is 38.2 Å². The molecule has 0 heterocycles. The van der Waals surface area contributed by atoms with Crippen molar-refractivity contribution >= 4 is 0 Å². The summed E-state index contributed by atoms with van der Waals surface area (Å²) in [5.41, 5.74) is 2.13. The number of allylic oxidation sites excluding steroid dienone is 2. The molecule has 0 aromatic rings. The molecular weight excluding hydrogens is 120 g/mol. The van der Waals surface area contributed by atoms with Crippen LogP contribution in [0.5, 0.6) is 0 Å². The van der Waals surface area contributed by atoms with E-state index < -0.39 is 0 Å². The molecule has 10 heavy (non-hydrogen) atoms. The SMILES string of the molecule is C=C.C=C(C)C(=C)C.CC. The molecule has 0 N–H and O–H groups in total. The maximum absolute atomic E-state index is 3.66. The van der Waals surface area contributed by atoms with Crippen LogP contribution in [-0.4, -0.2) is 0 Å². The van der Waals surface area contributed by atoms with Gasteiger partial charge in [-0.15, -0.1) is 13.2 Å². The molecule has 0 saturated heterocycles. The second-order valence-electron chi connectivity index (χ2n) is 1.56. The topological polar surface area (TPSA) is 0 Å². The fourth-order valence-electron chi connectivity index (χ4n) is 0. The lowest BCUT2D eigenvalue weighted by Gasteiger charge is -1.88. The van der Waals surface area contributed by atoms with E-state index in [1.165, 1.54) is 0 Å². The van der Waals surface area contributed by atoms with Gasteiger partial charge in [0.1, 0.15) is 0 Å². The van der Waals surface area contributed by atoms with Crippen molar-refractivity contribution in [2.75, 3.05) is 0 Å². The third-order valence-electron chi connectivity index (χ3n) is 0.729. The van der Waals surface area contributed by atoms with Crippen molar-refractivity contribution in [1.82, 2.24) is 0 Å². The Morgan fingerprint density at radius 2 is 0.900 bits per heavy atom. The monoisotopic (exact) mass is 140 g/mol. The summed E-state index contributed by atoms with van der Waals surface area (Å²) >= 11 is 0. The van der Waals surface area contributed by atoms with Gasteiger partial charge in [0.2, 0.25) is 0 Å². The van der Waals surface area contributed by atoms with Gasteiger partial charge in [0.15, 0.2) is 0 Å². The first-order valence-corrected chi connectivity index (χ1v) is 3.46. The largest absolute Gasteiger partial charge is 0.106 e. The van der Waals surface area contributed by atoms with E-state index in [0.29, 0.717) is 0 Å². The molecule has 0 unspecified atom stereocenters. The van der Waals surface area contributed by atoms with Gasteiger partial charge >= 0.3 is 0 Å². The molecule has 0 aliphatic heterocycles. The summed E-state index contributed by atoms with van der Waals surface area (Å²) in [7, 11) is 0. The van der Waals surface area contributed by atoms with Gasteiger partial charge in [-0.25, -0.2) is 0 Å². The van der Waals surface area contributed by atoms with Crippen molar-refractivity contribution < 1.29 is 0 Å². The Labute approximate surface area is 66.0 Å². The van der Waals surface area contributed by atoms with Crippen molar-refractivity contribution in [3.8, 4) is 0 Å². The summed E-state index contributed by atoms with van der Waals surface area (Å²) in [6, 6.07) is 0. The van der Waals surface area contributed by atoms with Gasteiger partial charge in [-0.2, -0.15) is 0 Å². The van der Waals surface area contributed by atoms with Crippen LogP contribution in [0.15, 0.2) is 37.5 Å². The molecule has 0 aliphatic carbocycles. The van der Waals surface area contributed by atoms with E-state index in [9.17, 15) is 0 Å². The van der Waals surface area contributed by atoms with Crippen LogP contribution in [0.3, 0.4) is 0 Å². The van der Waals surface area contributed by atoms with Crippen molar-refractivity contribution in [2.24, 2.45) is 0 Å². The summed E-state index contributed by atoms with van der Waals surface area (Å²) in [6.45, 7) is 21.2. The molecule has 0 atom stereocenters. The Kier molecular flexibility index (Phi) is 25.3. The summed E-state index contributed by atoms with van der Waals surface area (Å²) in [5.74, 6) is 0. The molecule has 0 aromatic carbocycles. The van der Waals surface area contributed by atoms with E-state index in [0.717, 1.165) is 11.1 Å². The van der Waals surface area contributed by atoms with Crippen LogP contribution < -0.4 is 0 Å². The first kappa shape index (κ1) is 16.1. The van der Waals surface area contributed by atoms with Gasteiger partial charge in [0, 0.05) is 0 Å². The average Bonchev–Trinajstić information content (AvgIpc) is 1.96. The smallest absolute Gasteiger partial charge is 0.0401 e. The minimum atomic E-state index is 1.06. The molecule has 0 aliphatic rings. The van der Waals surface area contributed by atoms with E-state index in [1.807, 2.05) is 27.7 Å². The van der Waals surface area contributed by atoms with Gasteiger partial charge < -0.3 is 0 Å². The van der Waals surface area contributed by atoms with Crippen LogP contribution in [0.1, 0.15) is 27.7 Å². The second-order valence-corrected chi connectivity index (χ2v) is 1.56. The molecule has 0 saturated carbocycles. The average molecular weight is 140 g/mol. The zero-order valence-corrected chi connectivity index (χ0v) is 7.83. The van der Waals surface area contributed by atoms with Gasteiger partial charge in [0.25, 0.3) is 0 Å². The molecular formula is C10H20. The summed E-state index contributed by atoms with van der Waals surface area (Å²) in [4.78, 5) is 0. The Balaban J connectivity index is -0.000000105. The molecule has 0 aromatic heterocycles. The van der Waals surface area contributed by atoms with Crippen LogP contribution >= 0.6 is 0 Å². The van der Waals surface area contributed by atoms with Crippen LogP contribution in [0.2, 0.25) is 0 Å². The van der Waals surface area contributed by atoms with Crippen LogP contribution in [0, 0.1) is 0 Å². The van der Waals surface area contributed by atoms with Crippen molar-refractivity contribution in [2.45, 2.75) is 27.7 Å². The zero-order chi connectivity index (χ0) is 9.15. The van der Waals surface area contributed by atoms with Crippen LogP contribution in [0.4, 0.5) is 0 Å². The lowest BCUT2D eigenvalue weighted by atomic mass is 10.2. The predicted octanol–water partition coefficient (Wildman–Crippen LogP) is 3.97. The van der Waals surface area contributed by atoms with Crippen molar-refractivity contribution in [3.05, 3.63) is 37.5 Å². The molecule has 0 rings (SSSR count). The minimum Gasteiger partial charge on any atom is -0.106 e. The molecule has 0 radical (unpaired) electrons. The maximum Gasteiger partial charge on any atom is -0.0401 e. The van der Waals surface area contributed by atoms with Gasteiger partial charge in [-0.05, 0) is 13.8 Å². The van der Waals surface area contributed by atoms with Gasteiger partial charge in [0.05, 0.1) is 0 Å². The standard InChI is InChI=1S/C6H10.C2H6.C2H4/c1-5(2)6(3)4;2*1-2/h1,3H2,2,4H3;1-2H3;1-2H2. The Morgan fingerprint density at radius 1 is 0.800 bits per heavy atom. The Hall–Kier alpha value is -0.780. The predicted molar refractivity (Wildman–Crippen MR) is 52.2 cm³/mol. The van der Waals surface area contributed by atoms with Crippen LogP contribution in [-0.2, 0) is 0 Å². The first-order chi connectivity index (χ1) is 4.64. The Morgan fingerprint density at radius 3 is 0.900 bits per heavy atom. The van der Waals surface area contributed by atoms with E-state index in [4.69, 9.17) is 0 Å². The highest BCUT2D eigenvalue weighted by Gasteiger charge is 1.77. The highest BCUT2D eigenvalue weighted by molar-refractivity contribution is 5.19. The molecule has 0 nitrogen and oxygen atoms in total. The second kappa shape index (κ2) is 15.7. The molecule has 0 spiro atoms. The highest BCUT2D eigenvalue weighted by Crippen LogP contribution is 1.98.